The summed E-state index contributed by atoms with van der Waals surface area (Å²) in [6.45, 7) is 8.28. The lowest BCUT2D eigenvalue weighted by Gasteiger charge is -2.24. The molecule has 0 aromatic carbocycles. The van der Waals surface area contributed by atoms with Gasteiger partial charge in [-0.15, -0.1) is 6.58 Å². The highest BCUT2D eigenvalue weighted by atomic mass is 16.6. The van der Waals surface area contributed by atoms with E-state index in [1.807, 2.05) is 6.08 Å². The molecule has 4 atom stereocenters. The number of hydrogen-bond acceptors (Lipinski definition) is 4. The summed E-state index contributed by atoms with van der Waals surface area (Å²) in [6, 6.07) is 0. The van der Waals surface area contributed by atoms with Gasteiger partial charge in [-0.2, -0.15) is 0 Å². The molecule has 242 valence electrons. The van der Waals surface area contributed by atoms with Gasteiger partial charge in [-0.3, -0.25) is 4.79 Å². The van der Waals surface area contributed by atoms with Gasteiger partial charge in [-0.25, -0.2) is 0 Å². The standard InChI is InChI=1S/C37H70O4/c1-4-7-10-12-14-15-16-17-18-19-20-21-23-25-28-31-36(39)41-35-32-33(29-26-9-6-3)40-37(35)34(38)30-27-24-22-13-11-8-5-2/h5,33-35,37-38H,2,4,6-32H2,1,3H3. The van der Waals surface area contributed by atoms with Crippen LogP contribution >= 0.6 is 0 Å². The monoisotopic (exact) mass is 579 g/mol. The zero-order valence-corrected chi connectivity index (χ0v) is 27.6. The van der Waals surface area contributed by atoms with Crippen LogP contribution in [-0.4, -0.2) is 35.5 Å². The molecule has 0 amide bonds. The molecule has 0 spiro atoms. The highest BCUT2D eigenvalue weighted by molar-refractivity contribution is 5.69. The Labute approximate surface area is 255 Å². The number of carbonyl (C=O) groups excluding carboxylic acids is 1. The average molecular weight is 579 g/mol. The third-order valence-electron chi connectivity index (χ3n) is 8.90. The number of aliphatic hydroxyl groups excluding tert-OH is 1. The number of hydrogen-bond donors (Lipinski definition) is 1. The first-order valence-corrected chi connectivity index (χ1v) is 18.3. The lowest BCUT2D eigenvalue weighted by Crippen LogP contribution is -2.37. The minimum Gasteiger partial charge on any atom is -0.459 e. The number of unbranched alkanes of at least 4 members (excludes halogenated alkanes) is 21. The largest absolute Gasteiger partial charge is 0.459 e. The third-order valence-corrected chi connectivity index (χ3v) is 8.90. The molecule has 4 nitrogen and oxygen atoms in total. The molecule has 0 bridgehead atoms. The SMILES string of the molecule is C=CCCCCCCCC(O)C1OC(CCCCC)CC1OC(=O)CCCCCCCCCCCCCCCCC. The molecule has 1 aliphatic heterocycles. The van der Waals surface area contributed by atoms with E-state index in [0.717, 1.165) is 57.8 Å². The van der Waals surface area contributed by atoms with Crippen molar-refractivity contribution in [3.05, 3.63) is 12.7 Å². The van der Waals surface area contributed by atoms with Gasteiger partial charge in [0.15, 0.2) is 0 Å². The number of ether oxygens (including phenoxy) is 2. The first kappa shape index (κ1) is 38.2. The Morgan fingerprint density at radius 1 is 0.756 bits per heavy atom. The Balaban J connectivity index is 2.18. The molecule has 4 unspecified atom stereocenters. The van der Waals surface area contributed by atoms with E-state index in [1.54, 1.807) is 0 Å². The fourth-order valence-corrected chi connectivity index (χ4v) is 6.23. The number of rotatable bonds is 30. The van der Waals surface area contributed by atoms with Crippen molar-refractivity contribution in [2.75, 3.05) is 0 Å². The van der Waals surface area contributed by atoms with Crippen molar-refractivity contribution in [3.63, 3.8) is 0 Å². The fraction of sp³-hybridized carbons (Fsp3) is 0.919. The van der Waals surface area contributed by atoms with E-state index in [0.29, 0.717) is 6.42 Å². The summed E-state index contributed by atoms with van der Waals surface area (Å²) in [7, 11) is 0. The van der Waals surface area contributed by atoms with E-state index < -0.39 is 6.10 Å². The highest BCUT2D eigenvalue weighted by Crippen LogP contribution is 2.31. The van der Waals surface area contributed by atoms with Crippen molar-refractivity contribution in [2.45, 2.75) is 218 Å². The maximum Gasteiger partial charge on any atom is 0.306 e. The first-order chi connectivity index (χ1) is 20.1. The molecule has 0 aliphatic carbocycles. The number of aliphatic hydroxyl groups is 1. The van der Waals surface area contributed by atoms with Crippen molar-refractivity contribution in [1.82, 2.24) is 0 Å². The minimum atomic E-state index is -0.553. The van der Waals surface area contributed by atoms with Crippen LogP contribution in [0.3, 0.4) is 0 Å². The average Bonchev–Trinajstić information content (AvgIpc) is 3.37. The first-order valence-electron chi connectivity index (χ1n) is 18.3. The van der Waals surface area contributed by atoms with E-state index in [-0.39, 0.29) is 24.3 Å². The molecular weight excluding hydrogens is 508 g/mol. The van der Waals surface area contributed by atoms with Crippen molar-refractivity contribution in [3.8, 4) is 0 Å². The lowest BCUT2D eigenvalue weighted by molar-refractivity contribution is -0.156. The summed E-state index contributed by atoms with van der Waals surface area (Å²) < 4.78 is 12.2. The highest BCUT2D eigenvalue weighted by Gasteiger charge is 2.41. The maximum absolute atomic E-state index is 12.7. The summed E-state index contributed by atoms with van der Waals surface area (Å²) in [4.78, 5) is 12.7. The predicted molar refractivity (Wildman–Crippen MR) is 175 cm³/mol. The minimum absolute atomic E-state index is 0.101. The van der Waals surface area contributed by atoms with E-state index in [4.69, 9.17) is 9.47 Å². The second kappa shape index (κ2) is 27.9. The van der Waals surface area contributed by atoms with Gasteiger partial charge in [0.1, 0.15) is 12.2 Å². The van der Waals surface area contributed by atoms with Crippen LogP contribution in [-0.2, 0) is 14.3 Å². The quantitative estimate of drug-likeness (QED) is 0.0523. The molecule has 1 aliphatic rings. The molecule has 0 aromatic heterocycles. The summed E-state index contributed by atoms with van der Waals surface area (Å²) in [5.41, 5.74) is 0. The van der Waals surface area contributed by atoms with E-state index >= 15 is 0 Å². The Morgan fingerprint density at radius 3 is 1.80 bits per heavy atom. The van der Waals surface area contributed by atoms with Gasteiger partial charge in [0.2, 0.25) is 0 Å². The van der Waals surface area contributed by atoms with Crippen LogP contribution in [0.2, 0.25) is 0 Å². The molecule has 1 rings (SSSR count). The lowest BCUT2D eigenvalue weighted by atomic mass is 9.99. The molecule has 1 N–H and O–H groups in total. The summed E-state index contributed by atoms with van der Waals surface area (Å²) in [5, 5.41) is 10.9. The van der Waals surface area contributed by atoms with Gasteiger partial charge in [-0.1, -0.05) is 155 Å². The van der Waals surface area contributed by atoms with Crippen LogP contribution in [0.1, 0.15) is 194 Å². The van der Waals surface area contributed by atoms with Gasteiger partial charge in [0.25, 0.3) is 0 Å². The summed E-state index contributed by atoms with van der Waals surface area (Å²) in [6.07, 6.45) is 34.0. The molecule has 1 heterocycles. The molecule has 0 radical (unpaired) electrons. The van der Waals surface area contributed by atoms with E-state index in [2.05, 4.69) is 20.4 Å². The van der Waals surface area contributed by atoms with Gasteiger partial charge in [0.05, 0.1) is 12.2 Å². The second-order valence-electron chi connectivity index (χ2n) is 12.9. The summed E-state index contributed by atoms with van der Waals surface area (Å²) in [5.74, 6) is -0.109. The van der Waals surface area contributed by atoms with E-state index in [1.165, 1.54) is 116 Å². The van der Waals surface area contributed by atoms with Gasteiger partial charge >= 0.3 is 5.97 Å². The van der Waals surface area contributed by atoms with Crippen LogP contribution in [0.25, 0.3) is 0 Å². The normalized spacial score (nSPS) is 19.4. The smallest absolute Gasteiger partial charge is 0.306 e. The van der Waals surface area contributed by atoms with Crippen LogP contribution in [0.5, 0.6) is 0 Å². The predicted octanol–water partition coefficient (Wildman–Crippen LogP) is 11.2. The summed E-state index contributed by atoms with van der Waals surface area (Å²) >= 11 is 0. The Hall–Kier alpha value is -0.870. The number of carbonyl (C=O) groups is 1. The second-order valence-corrected chi connectivity index (χ2v) is 12.9. The topological polar surface area (TPSA) is 55.8 Å². The zero-order valence-electron chi connectivity index (χ0n) is 27.6. The Morgan fingerprint density at radius 2 is 1.24 bits per heavy atom. The van der Waals surface area contributed by atoms with Gasteiger partial charge < -0.3 is 14.6 Å². The van der Waals surface area contributed by atoms with E-state index in [9.17, 15) is 9.90 Å². The molecule has 41 heavy (non-hydrogen) atoms. The van der Waals surface area contributed by atoms with Crippen molar-refractivity contribution in [2.24, 2.45) is 0 Å². The molecule has 1 fully saturated rings. The zero-order chi connectivity index (χ0) is 29.8. The number of allylic oxidation sites excluding steroid dienone is 1. The van der Waals surface area contributed by atoms with Gasteiger partial charge in [-0.05, 0) is 32.1 Å². The molecule has 1 saturated heterocycles. The molecule has 0 saturated carbocycles. The van der Waals surface area contributed by atoms with Crippen LogP contribution in [0.4, 0.5) is 0 Å². The maximum atomic E-state index is 12.7. The van der Waals surface area contributed by atoms with Gasteiger partial charge in [0, 0.05) is 12.8 Å². The van der Waals surface area contributed by atoms with Crippen LogP contribution in [0.15, 0.2) is 12.7 Å². The van der Waals surface area contributed by atoms with Crippen LogP contribution < -0.4 is 0 Å². The number of esters is 1. The molecular formula is C37H70O4. The molecule has 0 aromatic rings. The third kappa shape index (κ3) is 21.5. The van der Waals surface area contributed by atoms with Crippen molar-refractivity contribution >= 4 is 5.97 Å². The Kier molecular flexibility index (Phi) is 26.0. The Bertz CT molecular complexity index is 591. The van der Waals surface area contributed by atoms with Crippen molar-refractivity contribution < 1.29 is 19.4 Å². The fourth-order valence-electron chi connectivity index (χ4n) is 6.23. The van der Waals surface area contributed by atoms with Crippen LogP contribution in [0, 0.1) is 0 Å². The van der Waals surface area contributed by atoms with Crippen molar-refractivity contribution in [1.29, 1.82) is 0 Å². The molecule has 4 heteroatoms.